The molecule has 2 atom stereocenters. The second kappa shape index (κ2) is 9.08. The van der Waals surface area contributed by atoms with Crippen molar-refractivity contribution in [1.82, 2.24) is 15.5 Å². The summed E-state index contributed by atoms with van der Waals surface area (Å²) in [5.74, 6) is 2.79. The highest BCUT2D eigenvalue weighted by Gasteiger charge is 2.35. The van der Waals surface area contributed by atoms with Crippen LogP contribution >= 0.6 is 24.0 Å². The molecule has 2 fully saturated rings. The Morgan fingerprint density at radius 2 is 1.61 bits per heavy atom. The third-order valence-electron chi connectivity index (χ3n) is 4.86. The van der Waals surface area contributed by atoms with Crippen LogP contribution in [-0.4, -0.2) is 50.0 Å². The number of nitrogens with zero attached hydrogens (tertiary/aromatic N) is 2. The summed E-state index contributed by atoms with van der Waals surface area (Å²) in [7, 11) is 1.85. The number of likely N-dealkylation sites (tertiary alicyclic amines) is 1. The van der Waals surface area contributed by atoms with Gasteiger partial charge in [0.25, 0.3) is 0 Å². The highest BCUT2D eigenvalue weighted by atomic mass is 127. The number of hydrogen-bond acceptors (Lipinski definition) is 2. The Morgan fingerprint density at radius 1 is 1.09 bits per heavy atom. The van der Waals surface area contributed by atoms with Crippen molar-refractivity contribution >= 4 is 35.8 Å². The molecule has 1 saturated carbocycles. The first-order chi connectivity index (χ1) is 10.4. The van der Waals surface area contributed by atoms with Crippen molar-refractivity contribution in [2.75, 3.05) is 33.2 Å². The zero-order valence-corrected chi connectivity index (χ0v) is 17.4. The predicted molar refractivity (Wildman–Crippen MR) is 106 cm³/mol. The van der Waals surface area contributed by atoms with Crippen LogP contribution in [0.5, 0.6) is 0 Å². The lowest BCUT2D eigenvalue weighted by atomic mass is 9.82. The molecular weight excluding hydrogens is 403 g/mol. The van der Waals surface area contributed by atoms with E-state index in [1.165, 1.54) is 25.7 Å². The van der Waals surface area contributed by atoms with Gasteiger partial charge >= 0.3 is 0 Å². The highest BCUT2D eigenvalue weighted by molar-refractivity contribution is 14.0. The molecular formula is C17H33IN4O. The fourth-order valence-electron chi connectivity index (χ4n) is 3.53. The van der Waals surface area contributed by atoms with Gasteiger partial charge in [-0.1, -0.05) is 33.6 Å². The lowest BCUT2D eigenvalue weighted by Gasteiger charge is -2.22. The van der Waals surface area contributed by atoms with Crippen LogP contribution in [0.1, 0.15) is 46.5 Å². The smallest absolute Gasteiger partial charge is 0.225 e. The second-order valence-corrected chi connectivity index (χ2v) is 7.69. The average Bonchev–Trinajstić information content (AvgIpc) is 2.89. The molecule has 1 aliphatic carbocycles. The predicted octanol–water partition coefficient (Wildman–Crippen LogP) is 2.46. The molecule has 2 rings (SSSR count). The zero-order chi connectivity index (χ0) is 16.2. The Hall–Kier alpha value is -0.530. The van der Waals surface area contributed by atoms with Gasteiger partial charge in [0.1, 0.15) is 0 Å². The first-order valence-corrected chi connectivity index (χ1v) is 8.65. The minimum Gasteiger partial charge on any atom is -0.354 e. The van der Waals surface area contributed by atoms with Crippen molar-refractivity contribution in [1.29, 1.82) is 0 Å². The van der Waals surface area contributed by atoms with Crippen LogP contribution in [-0.2, 0) is 4.79 Å². The molecule has 0 aromatic carbocycles. The third-order valence-corrected chi connectivity index (χ3v) is 4.86. The summed E-state index contributed by atoms with van der Waals surface area (Å²) < 4.78 is 0. The molecule has 2 aliphatic rings. The molecule has 134 valence electrons. The molecule has 0 bridgehead atoms. The maximum Gasteiger partial charge on any atom is 0.225 e. The van der Waals surface area contributed by atoms with Crippen LogP contribution < -0.4 is 10.6 Å². The van der Waals surface area contributed by atoms with E-state index in [1.807, 2.05) is 27.8 Å². The summed E-state index contributed by atoms with van der Waals surface area (Å²) in [5.41, 5.74) is -0.327. The van der Waals surface area contributed by atoms with E-state index >= 15 is 0 Å². The molecule has 6 heteroatoms. The van der Waals surface area contributed by atoms with Gasteiger partial charge in [-0.05, 0) is 24.7 Å². The Labute approximate surface area is 158 Å². The fourth-order valence-corrected chi connectivity index (χ4v) is 3.53. The number of carbonyl (C=O) groups is 1. The summed E-state index contributed by atoms with van der Waals surface area (Å²) >= 11 is 0. The van der Waals surface area contributed by atoms with E-state index < -0.39 is 0 Å². The number of halogens is 1. The normalized spacial score (nSPS) is 24.7. The molecule has 0 aromatic heterocycles. The molecule has 1 aliphatic heterocycles. The summed E-state index contributed by atoms with van der Waals surface area (Å²) in [6, 6.07) is 0. The molecule has 0 aromatic rings. The van der Waals surface area contributed by atoms with E-state index in [2.05, 4.69) is 20.5 Å². The van der Waals surface area contributed by atoms with E-state index in [4.69, 9.17) is 0 Å². The molecule has 5 nitrogen and oxygen atoms in total. The van der Waals surface area contributed by atoms with Crippen molar-refractivity contribution in [2.24, 2.45) is 22.2 Å². The number of hydrogen-bond donors (Lipinski definition) is 2. The van der Waals surface area contributed by atoms with Gasteiger partial charge < -0.3 is 15.5 Å². The van der Waals surface area contributed by atoms with Crippen LogP contribution in [0.4, 0.5) is 0 Å². The van der Waals surface area contributed by atoms with E-state index in [0.29, 0.717) is 6.54 Å². The standard InChI is InChI=1S/C17H32N4O.HI/c1-17(2,3)15(22)19-9-10-20-16(18-4)21-11-13-7-5-6-8-14(13)12-21;/h13-14H,5-12H2,1-4H3,(H,18,20)(H,19,22);1H. The third kappa shape index (κ3) is 5.80. The summed E-state index contributed by atoms with van der Waals surface area (Å²) in [6.45, 7) is 9.43. The van der Waals surface area contributed by atoms with Crippen LogP contribution in [0, 0.1) is 17.3 Å². The Morgan fingerprint density at radius 3 is 2.09 bits per heavy atom. The number of carbonyl (C=O) groups excluding carboxylic acids is 1. The van der Waals surface area contributed by atoms with Crippen molar-refractivity contribution in [3.05, 3.63) is 0 Å². The Bertz CT molecular complexity index is 405. The van der Waals surface area contributed by atoms with Crippen molar-refractivity contribution in [3.8, 4) is 0 Å². The van der Waals surface area contributed by atoms with Gasteiger partial charge in [0.15, 0.2) is 5.96 Å². The number of rotatable bonds is 3. The van der Waals surface area contributed by atoms with Gasteiger partial charge in [0.2, 0.25) is 5.91 Å². The van der Waals surface area contributed by atoms with Crippen LogP contribution in [0.15, 0.2) is 4.99 Å². The maximum absolute atomic E-state index is 11.8. The first-order valence-electron chi connectivity index (χ1n) is 8.65. The number of aliphatic imine (C=N–C) groups is 1. The zero-order valence-electron chi connectivity index (χ0n) is 15.0. The lowest BCUT2D eigenvalue weighted by molar-refractivity contribution is -0.128. The number of nitrogens with one attached hydrogen (secondary N) is 2. The molecule has 2 N–H and O–H groups in total. The van der Waals surface area contributed by atoms with Crippen molar-refractivity contribution in [2.45, 2.75) is 46.5 Å². The van der Waals surface area contributed by atoms with Crippen molar-refractivity contribution < 1.29 is 4.79 Å². The monoisotopic (exact) mass is 436 g/mol. The second-order valence-electron chi connectivity index (χ2n) is 7.69. The maximum atomic E-state index is 11.8. The molecule has 1 heterocycles. The van der Waals surface area contributed by atoms with E-state index in [1.54, 1.807) is 0 Å². The lowest BCUT2D eigenvalue weighted by Crippen LogP contribution is -2.44. The molecule has 2 unspecified atom stereocenters. The minimum absolute atomic E-state index is 0. The molecule has 1 saturated heterocycles. The number of guanidine groups is 1. The van der Waals surface area contributed by atoms with Crippen LogP contribution in [0.3, 0.4) is 0 Å². The molecule has 23 heavy (non-hydrogen) atoms. The van der Waals surface area contributed by atoms with Gasteiger partial charge in [0.05, 0.1) is 0 Å². The first kappa shape index (κ1) is 20.5. The molecule has 0 radical (unpaired) electrons. The average molecular weight is 436 g/mol. The Kier molecular flexibility index (Phi) is 8.10. The topological polar surface area (TPSA) is 56.7 Å². The summed E-state index contributed by atoms with van der Waals surface area (Å²) in [6.07, 6.45) is 5.53. The SMILES string of the molecule is CN=C(NCCNC(=O)C(C)(C)C)N1CC2CCCCC2C1.I. The highest BCUT2D eigenvalue weighted by Crippen LogP contribution is 2.35. The van der Waals surface area contributed by atoms with Crippen LogP contribution in [0.25, 0.3) is 0 Å². The van der Waals surface area contributed by atoms with Gasteiger partial charge in [-0.25, -0.2) is 0 Å². The van der Waals surface area contributed by atoms with Gasteiger partial charge in [-0.2, -0.15) is 0 Å². The largest absolute Gasteiger partial charge is 0.354 e. The van der Waals surface area contributed by atoms with Gasteiger partial charge in [-0.3, -0.25) is 9.79 Å². The minimum atomic E-state index is -0.327. The summed E-state index contributed by atoms with van der Waals surface area (Å²) in [4.78, 5) is 18.6. The van der Waals surface area contributed by atoms with Crippen LogP contribution in [0.2, 0.25) is 0 Å². The quantitative estimate of drug-likeness (QED) is 0.309. The fraction of sp³-hybridized carbons (Fsp3) is 0.882. The van der Waals surface area contributed by atoms with Crippen molar-refractivity contribution in [3.63, 3.8) is 0 Å². The van der Waals surface area contributed by atoms with Gasteiger partial charge in [0, 0.05) is 38.6 Å². The van der Waals surface area contributed by atoms with E-state index in [0.717, 1.165) is 37.4 Å². The molecule has 1 amide bonds. The number of amides is 1. The van der Waals surface area contributed by atoms with Gasteiger partial charge in [-0.15, -0.1) is 24.0 Å². The Balaban J connectivity index is 0.00000264. The summed E-state index contributed by atoms with van der Waals surface area (Å²) in [5, 5.41) is 6.36. The van der Waals surface area contributed by atoms with E-state index in [9.17, 15) is 4.79 Å². The van der Waals surface area contributed by atoms with E-state index in [-0.39, 0.29) is 35.3 Å². The molecule has 0 spiro atoms. The number of fused-ring (bicyclic) bond motifs is 1.